The van der Waals surface area contributed by atoms with Crippen molar-refractivity contribution in [3.05, 3.63) is 48.6 Å². The minimum Gasteiger partial charge on any atom is -0.462 e. The predicted octanol–water partition coefficient (Wildman–Crippen LogP) is 9.60. The summed E-state index contributed by atoms with van der Waals surface area (Å²) in [6, 6.07) is 0. The fourth-order valence-electron chi connectivity index (χ4n) is 4.50. The van der Waals surface area contributed by atoms with Crippen LogP contribution in [-0.4, -0.2) is 49.3 Å². The Hall–Kier alpha value is -2.03. The summed E-state index contributed by atoms with van der Waals surface area (Å²) in [5.74, 6) is -0.877. The van der Waals surface area contributed by atoms with E-state index in [1.807, 2.05) is 0 Å². The van der Waals surface area contributed by atoms with Crippen LogP contribution in [-0.2, 0) is 32.7 Å². The molecule has 0 saturated carbocycles. The number of phosphoric acid groups is 1. The zero-order valence-corrected chi connectivity index (χ0v) is 30.4. The molecule has 1 unspecified atom stereocenters. The number of hydrogen-bond acceptors (Lipinski definition) is 8. The molecule has 272 valence electrons. The molecule has 0 aromatic rings. The third kappa shape index (κ3) is 33.7. The van der Waals surface area contributed by atoms with E-state index in [2.05, 4.69) is 62.5 Å². The van der Waals surface area contributed by atoms with E-state index in [1.54, 1.807) is 0 Å². The van der Waals surface area contributed by atoms with E-state index in [4.69, 9.17) is 24.3 Å². The molecule has 0 fully saturated rings. The summed E-state index contributed by atoms with van der Waals surface area (Å²) in [4.78, 5) is 34.5. The van der Waals surface area contributed by atoms with Crippen molar-refractivity contribution in [1.29, 1.82) is 0 Å². The Morgan fingerprint density at radius 2 is 1.11 bits per heavy atom. The van der Waals surface area contributed by atoms with Crippen LogP contribution < -0.4 is 5.73 Å². The van der Waals surface area contributed by atoms with Crippen molar-refractivity contribution < 1.29 is 37.6 Å². The first-order valence-electron chi connectivity index (χ1n) is 18.1. The number of unbranched alkanes of at least 4 members (excludes halogenated alkanes) is 12. The SMILES string of the molecule is CCCCC/C=C/C/C=C/C/C=C/C/C=C/CCCCCC(=O)O[C@H](COC(=O)CCCCCCCCC)COP(=O)(O)OCCN. The van der Waals surface area contributed by atoms with Crippen molar-refractivity contribution in [2.45, 2.75) is 148 Å². The summed E-state index contributed by atoms with van der Waals surface area (Å²) in [5.41, 5.74) is 5.31. The Kier molecular flexibility index (Phi) is 32.4. The highest BCUT2D eigenvalue weighted by atomic mass is 31.2. The van der Waals surface area contributed by atoms with Crippen LogP contribution in [0.2, 0.25) is 0 Å². The van der Waals surface area contributed by atoms with E-state index in [0.29, 0.717) is 6.42 Å². The lowest BCUT2D eigenvalue weighted by molar-refractivity contribution is -0.161. The van der Waals surface area contributed by atoms with Crippen molar-refractivity contribution in [2.75, 3.05) is 26.4 Å². The Morgan fingerprint density at radius 3 is 1.68 bits per heavy atom. The largest absolute Gasteiger partial charge is 0.472 e. The van der Waals surface area contributed by atoms with Crippen LogP contribution in [0.5, 0.6) is 0 Å². The van der Waals surface area contributed by atoms with Gasteiger partial charge >= 0.3 is 19.8 Å². The van der Waals surface area contributed by atoms with Gasteiger partial charge in [-0.2, -0.15) is 0 Å². The lowest BCUT2D eigenvalue weighted by Gasteiger charge is -2.19. The Morgan fingerprint density at radius 1 is 0.638 bits per heavy atom. The highest BCUT2D eigenvalue weighted by Crippen LogP contribution is 2.43. The van der Waals surface area contributed by atoms with E-state index in [0.717, 1.165) is 64.2 Å². The number of rotatable bonds is 33. The van der Waals surface area contributed by atoms with Gasteiger partial charge in [0.15, 0.2) is 6.10 Å². The van der Waals surface area contributed by atoms with Crippen LogP contribution in [0.25, 0.3) is 0 Å². The topological polar surface area (TPSA) is 134 Å². The van der Waals surface area contributed by atoms with Crippen molar-refractivity contribution in [2.24, 2.45) is 5.73 Å². The van der Waals surface area contributed by atoms with Gasteiger partial charge in [-0.25, -0.2) is 4.57 Å². The summed E-state index contributed by atoms with van der Waals surface area (Å²) in [7, 11) is -4.37. The molecule has 0 aromatic heterocycles. The molecule has 0 saturated heterocycles. The third-order valence-corrected chi connectivity index (χ3v) is 8.20. The highest BCUT2D eigenvalue weighted by molar-refractivity contribution is 7.47. The van der Waals surface area contributed by atoms with Crippen molar-refractivity contribution in [3.8, 4) is 0 Å². The number of esters is 2. The first-order chi connectivity index (χ1) is 22.8. The monoisotopic (exact) mass is 683 g/mol. The van der Waals surface area contributed by atoms with Crippen LogP contribution in [0.1, 0.15) is 142 Å². The zero-order chi connectivity index (χ0) is 34.7. The molecule has 0 radical (unpaired) electrons. The molecule has 0 aliphatic rings. The summed E-state index contributed by atoms with van der Waals surface area (Å²) in [6.45, 7) is 3.58. The lowest BCUT2D eigenvalue weighted by Crippen LogP contribution is -2.29. The van der Waals surface area contributed by atoms with Gasteiger partial charge in [-0.1, -0.05) is 120 Å². The van der Waals surface area contributed by atoms with Gasteiger partial charge in [-0.05, 0) is 57.8 Å². The standard InChI is InChI=1S/C37H66NO8P/c1-3-5-7-9-11-12-13-14-15-16-17-18-19-20-21-22-24-26-28-30-37(40)46-35(34-45-47(41,42)44-32-31-38)33-43-36(39)29-27-25-23-10-8-6-4-2/h11-12,14-15,17-18,20-21,35H,3-10,13,16,19,22-34,38H2,1-2H3,(H,41,42)/b12-11+,15-14+,18-17+,21-20+/t35-/m1/s1. The summed E-state index contributed by atoms with van der Waals surface area (Å²) in [5, 5.41) is 0. The second-order valence-corrected chi connectivity index (χ2v) is 13.2. The molecule has 0 rings (SSSR count). The number of ether oxygens (including phenoxy) is 2. The number of carbonyl (C=O) groups is 2. The maximum atomic E-state index is 12.5. The fourth-order valence-corrected chi connectivity index (χ4v) is 5.26. The molecular weight excluding hydrogens is 617 g/mol. The van der Waals surface area contributed by atoms with Crippen molar-refractivity contribution in [3.63, 3.8) is 0 Å². The minimum atomic E-state index is -4.37. The molecule has 2 atom stereocenters. The van der Waals surface area contributed by atoms with E-state index in [1.165, 1.54) is 44.9 Å². The number of phosphoric ester groups is 1. The molecule has 0 aliphatic carbocycles. The molecule has 3 N–H and O–H groups in total. The Balaban J connectivity index is 4.27. The summed E-state index contributed by atoms with van der Waals surface area (Å²) >= 11 is 0. The summed E-state index contributed by atoms with van der Waals surface area (Å²) in [6.07, 6.45) is 35.9. The van der Waals surface area contributed by atoms with Crippen molar-refractivity contribution in [1.82, 2.24) is 0 Å². The van der Waals surface area contributed by atoms with Crippen molar-refractivity contribution >= 4 is 19.8 Å². The Bertz CT molecular complexity index is 918. The molecule has 0 heterocycles. The van der Waals surface area contributed by atoms with E-state index in [-0.39, 0.29) is 32.6 Å². The second kappa shape index (κ2) is 33.9. The fraction of sp³-hybridized carbons (Fsp3) is 0.730. The average molecular weight is 684 g/mol. The van der Waals surface area contributed by atoms with Gasteiger partial charge in [0, 0.05) is 19.4 Å². The predicted molar refractivity (Wildman–Crippen MR) is 192 cm³/mol. The molecule has 0 amide bonds. The van der Waals surface area contributed by atoms with Gasteiger partial charge in [-0.15, -0.1) is 0 Å². The quantitative estimate of drug-likeness (QED) is 0.0300. The van der Waals surface area contributed by atoms with Crippen LogP contribution in [0, 0.1) is 0 Å². The van der Waals surface area contributed by atoms with Gasteiger partial charge in [-0.3, -0.25) is 18.6 Å². The third-order valence-electron chi connectivity index (χ3n) is 7.22. The zero-order valence-electron chi connectivity index (χ0n) is 29.5. The van der Waals surface area contributed by atoms with E-state index >= 15 is 0 Å². The molecule has 10 heteroatoms. The van der Waals surface area contributed by atoms with Gasteiger partial charge in [0.2, 0.25) is 0 Å². The van der Waals surface area contributed by atoms with E-state index < -0.39 is 32.5 Å². The second-order valence-electron chi connectivity index (χ2n) is 11.7. The first-order valence-corrected chi connectivity index (χ1v) is 19.6. The minimum absolute atomic E-state index is 0.0466. The average Bonchev–Trinajstić information content (AvgIpc) is 3.05. The number of nitrogens with two attached hydrogens (primary N) is 1. The molecule has 0 bridgehead atoms. The van der Waals surface area contributed by atoms with Gasteiger partial charge in [0.25, 0.3) is 0 Å². The van der Waals surface area contributed by atoms with E-state index in [9.17, 15) is 19.0 Å². The Labute approximate surface area is 286 Å². The van der Waals surface area contributed by atoms with Crippen LogP contribution in [0.15, 0.2) is 48.6 Å². The maximum Gasteiger partial charge on any atom is 0.472 e. The molecular formula is C37H66NO8P. The molecule has 9 nitrogen and oxygen atoms in total. The maximum absolute atomic E-state index is 12.5. The van der Waals surface area contributed by atoms with Gasteiger partial charge < -0.3 is 20.1 Å². The smallest absolute Gasteiger partial charge is 0.462 e. The molecule has 0 aromatic carbocycles. The van der Waals surface area contributed by atoms with Gasteiger partial charge in [0.05, 0.1) is 13.2 Å². The number of hydrogen-bond donors (Lipinski definition) is 2. The molecule has 0 spiro atoms. The van der Waals surface area contributed by atoms with Crippen LogP contribution >= 0.6 is 7.82 Å². The van der Waals surface area contributed by atoms with Crippen LogP contribution in [0.4, 0.5) is 0 Å². The van der Waals surface area contributed by atoms with Crippen LogP contribution in [0.3, 0.4) is 0 Å². The van der Waals surface area contributed by atoms with Gasteiger partial charge in [0.1, 0.15) is 6.61 Å². The lowest BCUT2D eigenvalue weighted by atomic mass is 10.1. The number of carbonyl (C=O) groups excluding carboxylic acids is 2. The highest BCUT2D eigenvalue weighted by Gasteiger charge is 2.25. The molecule has 47 heavy (non-hydrogen) atoms. The number of allylic oxidation sites excluding steroid dienone is 8. The first kappa shape index (κ1) is 45.0. The summed E-state index contributed by atoms with van der Waals surface area (Å²) < 4.78 is 32.5. The normalized spacial score (nSPS) is 14.0. The molecule has 0 aliphatic heterocycles.